The number of ether oxygens (including phenoxy) is 1. The number of methoxy groups -OCH3 is 1. The molecule has 1 aromatic carbocycles. The number of piperidine rings is 1. The van der Waals surface area contributed by atoms with Crippen molar-refractivity contribution in [3.8, 4) is 11.5 Å². The summed E-state index contributed by atoms with van der Waals surface area (Å²) in [6, 6.07) is 4.98. The van der Waals surface area contributed by atoms with Gasteiger partial charge in [0.1, 0.15) is 0 Å². The van der Waals surface area contributed by atoms with Crippen molar-refractivity contribution >= 4 is 11.6 Å². The molecule has 6 nitrogen and oxygen atoms in total. The number of rotatable bonds is 7. The molecule has 2 aliphatic rings. The first-order chi connectivity index (χ1) is 13.9. The van der Waals surface area contributed by atoms with E-state index >= 15 is 0 Å². The fourth-order valence-electron chi connectivity index (χ4n) is 4.81. The molecule has 1 atom stereocenters. The minimum Gasteiger partial charge on any atom is -0.504 e. The quantitative estimate of drug-likeness (QED) is 0.700. The van der Waals surface area contributed by atoms with Crippen LogP contribution in [0.5, 0.6) is 11.5 Å². The Kier molecular flexibility index (Phi) is 8.05. The molecule has 0 amide bonds. The summed E-state index contributed by atoms with van der Waals surface area (Å²) < 4.78 is 5.24. The minimum absolute atomic E-state index is 0.0666. The van der Waals surface area contributed by atoms with Gasteiger partial charge in [-0.1, -0.05) is 11.6 Å². The van der Waals surface area contributed by atoms with Crippen molar-refractivity contribution < 1.29 is 14.9 Å². The average Bonchev–Trinajstić information content (AvgIpc) is 2.70. The van der Waals surface area contributed by atoms with Crippen molar-refractivity contribution in [2.24, 2.45) is 0 Å². The Bertz CT molecular complexity index is 665. The third kappa shape index (κ3) is 5.56. The normalized spacial score (nSPS) is 23.0. The maximum Gasteiger partial charge on any atom is 0.160 e. The van der Waals surface area contributed by atoms with Crippen LogP contribution in [0.1, 0.15) is 38.7 Å². The molecule has 29 heavy (non-hydrogen) atoms. The molecular formula is C22H36ClN3O3. The van der Waals surface area contributed by atoms with E-state index in [2.05, 4.69) is 28.5 Å². The lowest BCUT2D eigenvalue weighted by molar-refractivity contribution is -0.0000388. The summed E-state index contributed by atoms with van der Waals surface area (Å²) in [6.07, 6.45) is 3.22. The third-order valence-electron chi connectivity index (χ3n) is 6.51. The van der Waals surface area contributed by atoms with Gasteiger partial charge in [-0.05, 0) is 57.8 Å². The van der Waals surface area contributed by atoms with Gasteiger partial charge in [0.2, 0.25) is 0 Å². The van der Waals surface area contributed by atoms with Crippen LogP contribution in [0.3, 0.4) is 0 Å². The smallest absolute Gasteiger partial charge is 0.160 e. The van der Waals surface area contributed by atoms with Gasteiger partial charge >= 0.3 is 0 Å². The number of aromatic hydroxyl groups is 1. The first kappa shape index (κ1) is 22.6. The lowest BCUT2D eigenvalue weighted by atomic mass is 9.97. The molecule has 2 aliphatic heterocycles. The monoisotopic (exact) mass is 425 g/mol. The largest absolute Gasteiger partial charge is 0.504 e. The Morgan fingerprint density at radius 3 is 2.52 bits per heavy atom. The Labute approximate surface area is 180 Å². The topological polar surface area (TPSA) is 59.4 Å². The Morgan fingerprint density at radius 1 is 1.17 bits per heavy atom. The highest BCUT2D eigenvalue weighted by Gasteiger charge is 2.34. The highest BCUT2D eigenvalue weighted by molar-refractivity contribution is 6.31. The zero-order chi connectivity index (χ0) is 21.0. The molecule has 2 fully saturated rings. The predicted octanol–water partition coefficient (Wildman–Crippen LogP) is 2.80. The minimum atomic E-state index is 0.0666. The molecule has 0 saturated carbocycles. The van der Waals surface area contributed by atoms with E-state index in [0.29, 0.717) is 28.9 Å². The summed E-state index contributed by atoms with van der Waals surface area (Å²) in [7, 11) is 1.55. The van der Waals surface area contributed by atoms with Crippen LogP contribution in [0, 0.1) is 0 Å². The van der Waals surface area contributed by atoms with Crippen molar-refractivity contribution in [1.29, 1.82) is 0 Å². The Balaban J connectivity index is 1.63. The van der Waals surface area contributed by atoms with Gasteiger partial charge in [-0.25, -0.2) is 0 Å². The first-order valence-electron chi connectivity index (χ1n) is 10.8. The van der Waals surface area contributed by atoms with Crippen LogP contribution in [0.15, 0.2) is 12.1 Å². The molecule has 1 aromatic rings. The van der Waals surface area contributed by atoms with Crippen LogP contribution in [0.25, 0.3) is 0 Å². The Hall–Kier alpha value is -1.05. The van der Waals surface area contributed by atoms with Crippen LogP contribution in [-0.4, -0.2) is 89.5 Å². The van der Waals surface area contributed by atoms with E-state index in [0.717, 1.165) is 51.3 Å². The second-order valence-electron chi connectivity index (χ2n) is 8.62. The predicted molar refractivity (Wildman–Crippen MR) is 117 cm³/mol. The average molecular weight is 426 g/mol. The summed E-state index contributed by atoms with van der Waals surface area (Å²) in [5.41, 5.74) is 0.961. The van der Waals surface area contributed by atoms with E-state index in [1.165, 1.54) is 12.8 Å². The molecular weight excluding hydrogens is 390 g/mol. The van der Waals surface area contributed by atoms with Gasteiger partial charge in [-0.2, -0.15) is 0 Å². The first-order valence-corrected chi connectivity index (χ1v) is 11.2. The van der Waals surface area contributed by atoms with Gasteiger partial charge in [-0.3, -0.25) is 9.80 Å². The van der Waals surface area contributed by atoms with Gasteiger partial charge in [-0.15, -0.1) is 0 Å². The van der Waals surface area contributed by atoms with Crippen LogP contribution in [-0.2, 0) is 6.54 Å². The van der Waals surface area contributed by atoms with Crippen LogP contribution in [0.4, 0.5) is 0 Å². The fraction of sp³-hybridized carbons (Fsp3) is 0.727. The molecule has 0 aliphatic carbocycles. The van der Waals surface area contributed by atoms with Crippen molar-refractivity contribution in [1.82, 2.24) is 14.7 Å². The maximum atomic E-state index is 9.90. The summed E-state index contributed by atoms with van der Waals surface area (Å²) in [5.74, 6) is 0.517. The number of nitrogens with zero attached hydrogens (tertiary/aromatic N) is 3. The molecule has 3 rings (SSSR count). The maximum absolute atomic E-state index is 9.90. The van der Waals surface area contributed by atoms with E-state index in [1.807, 2.05) is 6.07 Å². The van der Waals surface area contributed by atoms with E-state index in [9.17, 15) is 10.2 Å². The zero-order valence-corrected chi connectivity index (χ0v) is 18.7. The number of hydrogen-bond donors (Lipinski definition) is 2. The van der Waals surface area contributed by atoms with Crippen molar-refractivity contribution in [2.45, 2.75) is 57.8 Å². The number of phenolic OH excluding ortho intramolecular Hbond substituents is 1. The number of benzene rings is 1. The number of aliphatic hydroxyl groups excluding tert-OH is 1. The molecule has 0 aromatic heterocycles. The van der Waals surface area contributed by atoms with Crippen LogP contribution in [0.2, 0.25) is 5.02 Å². The molecule has 0 spiro atoms. The summed E-state index contributed by atoms with van der Waals surface area (Å²) in [6.45, 7) is 10.7. The number of likely N-dealkylation sites (tertiary alicyclic amines) is 1. The van der Waals surface area contributed by atoms with E-state index < -0.39 is 0 Å². The summed E-state index contributed by atoms with van der Waals surface area (Å²) >= 11 is 6.37. The second kappa shape index (κ2) is 10.3. The second-order valence-corrected chi connectivity index (χ2v) is 9.02. The molecule has 0 bridgehead atoms. The number of aliphatic hydroxyl groups is 1. The molecule has 7 heteroatoms. The highest BCUT2D eigenvalue weighted by Crippen LogP contribution is 2.33. The molecule has 2 saturated heterocycles. The van der Waals surface area contributed by atoms with Crippen molar-refractivity contribution in [3.63, 3.8) is 0 Å². The lowest BCUT2D eigenvalue weighted by Gasteiger charge is -2.48. The summed E-state index contributed by atoms with van der Waals surface area (Å²) in [4.78, 5) is 7.61. The molecule has 164 valence electrons. The van der Waals surface area contributed by atoms with Crippen LogP contribution < -0.4 is 4.74 Å². The molecule has 0 radical (unpaired) electrons. The van der Waals surface area contributed by atoms with Gasteiger partial charge in [0, 0.05) is 62.0 Å². The van der Waals surface area contributed by atoms with Gasteiger partial charge in [0.15, 0.2) is 11.5 Å². The van der Waals surface area contributed by atoms with Crippen molar-refractivity contribution in [3.05, 3.63) is 22.7 Å². The number of hydrogen-bond acceptors (Lipinski definition) is 6. The molecule has 2 N–H and O–H groups in total. The number of phenols is 1. The molecule has 0 unspecified atom stereocenters. The van der Waals surface area contributed by atoms with Gasteiger partial charge in [0.25, 0.3) is 0 Å². The zero-order valence-electron chi connectivity index (χ0n) is 18.0. The van der Waals surface area contributed by atoms with Gasteiger partial charge in [0.05, 0.1) is 7.11 Å². The Morgan fingerprint density at radius 2 is 1.90 bits per heavy atom. The van der Waals surface area contributed by atoms with E-state index in [1.54, 1.807) is 13.2 Å². The highest BCUT2D eigenvalue weighted by atomic mass is 35.5. The SMILES string of the molecule is COc1cc(CN2CCN(C3CCN(C(C)C)CC3)[C@H](CCO)C2)c(Cl)cc1O. The number of piperazine rings is 1. The van der Waals surface area contributed by atoms with E-state index in [-0.39, 0.29) is 12.4 Å². The standard InChI is InChI=1S/C22H36ClN3O3/c1-16(2)25-7-4-18(5-8-25)26-10-9-24(15-19(26)6-11-27)14-17-12-22(29-3)21(28)13-20(17)23/h12-13,16,18-19,27-28H,4-11,14-15H2,1-3H3/t19-/m1/s1. The molecule has 2 heterocycles. The third-order valence-corrected chi connectivity index (χ3v) is 6.87. The van der Waals surface area contributed by atoms with Crippen molar-refractivity contribution in [2.75, 3.05) is 46.4 Å². The van der Waals surface area contributed by atoms with Gasteiger partial charge < -0.3 is 19.8 Å². The van der Waals surface area contributed by atoms with Crippen LogP contribution >= 0.6 is 11.6 Å². The fourth-order valence-corrected chi connectivity index (χ4v) is 5.03. The number of halogens is 1. The summed E-state index contributed by atoms with van der Waals surface area (Å²) in [5, 5.41) is 20.1. The lowest BCUT2D eigenvalue weighted by Crippen LogP contribution is -2.58. The van der Waals surface area contributed by atoms with E-state index in [4.69, 9.17) is 16.3 Å².